The Balaban J connectivity index is 1.78. The summed E-state index contributed by atoms with van der Waals surface area (Å²) in [6, 6.07) is 6.00. The van der Waals surface area contributed by atoms with E-state index in [9.17, 15) is 9.18 Å². The van der Waals surface area contributed by atoms with Crippen molar-refractivity contribution < 1.29 is 9.18 Å². The predicted molar refractivity (Wildman–Crippen MR) is 76.5 cm³/mol. The van der Waals surface area contributed by atoms with Gasteiger partial charge in [-0.2, -0.15) is 0 Å². The van der Waals surface area contributed by atoms with Crippen molar-refractivity contribution in [3.8, 4) is 11.8 Å². The summed E-state index contributed by atoms with van der Waals surface area (Å²) in [5.74, 6) is 5.65. The molecule has 0 saturated carbocycles. The third kappa shape index (κ3) is 4.36. The zero-order valence-corrected chi connectivity index (χ0v) is 11.7. The van der Waals surface area contributed by atoms with E-state index in [0.29, 0.717) is 6.54 Å². The average Bonchev–Trinajstić information content (AvgIpc) is 2.45. The van der Waals surface area contributed by atoms with E-state index in [0.717, 1.165) is 31.5 Å². The quantitative estimate of drug-likeness (QED) is 0.832. The zero-order chi connectivity index (χ0) is 14.4. The molecular weight excluding hydrogens is 255 g/mol. The molecule has 0 radical (unpaired) electrons. The largest absolute Gasteiger partial charge is 0.345 e. The van der Waals surface area contributed by atoms with E-state index in [1.165, 1.54) is 12.1 Å². The molecule has 1 aliphatic rings. The summed E-state index contributed by atoms with van der Waals surface area (Å²) < 4.78 is 12.7. The Morgan fingerprint density at radius 2 is 2.20 bits per heavy atom. The highest BCUT2D eigenvalue weighted by Crippen LogP contribution is 2.14. The smallest absolute Gasteiger partial charge is 0.225 e. The molecule has 20 heavy (non-hydrogen) atoms. The van der Waals surface area contributed by atoms with Crippen LogP contribution in [-0.2, 0) is 4.79 Å². The van der Waals surface area contributed by atoms with Gasteiger partial charge in [0.15, 0.2) is 0 Å². The fourth-order valence-corrected chi connectivity index (χ4v) is 2.34. The van der Waals surface area contributed by atoms with Gasteiger partial charge in [-0.15, -0.1) is 0 Å². The van der Waals surface area contributed by atoms with Crippen molar-refractivity contribution in [2.24, 2.45) is 5.92 Å². The lowest BCUT2D eigenvalue weighted by atomic mass is 9.98. The normalized spacial score (nSPS) is 19.0. The van der Waals surface area contributed by atoms with Crippen LogP contribution in [0.2, 0.25) is 0 Å². The predicted octanol–water partition coefficient (Wildman–Crippen LogP) is 1.64. The Morgan fingerprint density at radius 3 is 2.90 bits per heavy atom. The summed E-state index contributed by atoms with van der Waals surface area (Å²) in [5.41, 5.74) is 0.748. The van der Waals surface area contributed by atoms with Crippen LogP contribution < -0.4 is 5.32 Å². The fraction of sp³-hybridized carbons (Fsp3) is 0.438. The minimum atomic E-state index is -0.273. The minimum Gasteiger partial charge on any atom is -0.345 e. The molecule has 3 nitrogen and oxygen atoms in total. The number of hydrogen-bond acceptors (Lipinski definition) is 2. The van der Waals surface area contributed by atoms with Gasteiger partial charge in [-0.3, -0.25) is 4.79 Å². The number of halogens is 1. The number of rotatable bonds is 2. The van der Waals surface area contributed by atoms with Gasteiger partial charge in [-0.25, -0.2) is 4.39 Å². The Morgan fingerprint density at radius 1 is 1.45 bits per heavy atom. The number of piperidine rings is 1. The molecule has 2 rings (SSSR count). The van der Waals surface area contributed by atoms with Crippen LogP contribution in [0.3, 0.4) is 0 Å². The molecular formula is C16H19FN2O. The lowest BCUT2D eigenvalue weighted by Crippen LogP contribution is -2.41. The standard InChI is InChI=1S/C16H19FN2O/c1-19-11-3-5-14(12-19)16(20)18-10-2-4-13-6-8-15(17)9-7-13/h6-9,14H,3,5,10-12H2,1H3,(H,18,20). The monoisotopic (exact) mass is 274 g/mol. The van der Waals surface area contributed by atoms with E-state index in [2.05, 4.69) is 22.1 Å². The second kappa shape index (κ2) is 7.06. The maximum absolute atomic E-state index is 12.7. The summed E-state index contributed by atoms with van der Waals surface area (Å²) in [5, 5.41) is 2.84. The molecule has 1 saturated heterocycles. The average molecular weight is 274 g/mol. The summed E-state index contributed by atoms with van der Waals surface area (Å²) in [6.07, 6.45) is 2.01. The second-order valence-corrected chi connectivity index (χ2v) is 5.13. The molecule has 0 spiro atoms. The van der Waals surface area contributed by atoms with Crippen molar-refractivity contribution in [3.63, 3.8) is 0 Å². The third-order valence-electron chi connectivity index (χ3n) is 3.42. The number of carbonyl (C=O) groups is 1. The number of carbonyl (C=O) groups excluding carboxylic acids is 1. The van der Waals surface area contributed by atoms with Crippen molar-refractivity contribution >= 4 is 5.91 Å². The van der Waals surface area contributed by atoms with Crippen LogP contribution in [0.1, 0.15) is 18.4 Å². The molecule has 1 atom stereocenters. The van der Waals surface area contributed by atoms with Gasteiger partial charge in [0.1, 0.15) is 5.82 Å². The van der Waals surface area contributed by atoms with Crippen LogP contribution >= 0.6 is 0 Å². The van der Waals surface area contributed by atoms with Crippen LogP contribution in [0, 0.1) is 23.6 Å². The molecule has 1 aromatic carbocycles. The molecule has 1 fully saturated rings. The first-order chi connectivity index (χ1) is 9.65. The van der Waals surface area contributed by atoms with Crippen LogP contribution in [0.25, 0.3) is 0 Å². The highest BCUT2D eigenvalue weighted by Gasteiger charge is 2.23. The number of nitrogens with one attached hydrogen (secondary N) is 1. The number of hydrogen-bond donors (Lipinski definition) is 1. The fourth-order valence-electron chi connectivity index (χ4n) is 2.34. The SMILES string of the molecule is CN1CCCC(C(=O)NCC#Cc2ccc(F)cc2)C1. The van der Waals surface area contributed by atoms with E-state index in [1.807, 2.05) is 7.05 Å². The van der Waals surface area contributed by atoms with Gasteiger partial charge in [0.2, 0.25) is 5.91 Å². The number of amides is 1. The van der Waals surface area contributed by atoms with E-state index in [-0.39, 0.29) is 17.6 Å². The summed E-state index contributed by atoms with van der Waals surface area (Å²) in [7, 11) is 2.04. The lowest BCUT2D eigenvalue weighted by Gasteiger charge is -2.28. The molecule has 1 N–H and O–H groups in total. The number of likely N-dealkylation sites (tertiary alicyclic amines) is 1. The van der Waals surface area contributed by atoms with Gasteiger partial charge in [0, 0.05) is 12.1 Å². The molecule has 1 aromatic rings. The van der Waals surface area contributed by atoms with E-state index < -0.39 is 0 Å². The van der Waals surface area contributed by atoms with Crippen LogP contribution in [0.4, 0.5) is 4.39 Å². The zero-order valence-electron chi connectivity index (χ0n) is 11.7. The molecule has 0 aromatic heterocycles. The summed E-state index contributed by atoms with van der Waals surface area (Å²) in [4.78, 5) is 14.1. The second-order valence-electron chi connectivity index (χ2n) is 5.13. The van der Waals surface area contributed by atoms with Gasteiger partial charge in [-0.1, -0.05) is 11.8 Å². The molecule has 0 aliphatic carbocycles. The number of benzene rings is 1. The lowest BCUT2D eigenvalue weighted by molar-refractivity contribution is -0.126. The Hall–Kier alpha value is -1.86. The van der Waals surface area contributed by atoms with Gasteiger partial charge in [-0.05, 0) is 50.7 Å². The topological polar surface area (TPSA) is 32.3 Å². The van der Waals surface area contributed by atoms with E-state index in [4.69, 9.17) is 0 Å². The van der Waals surface area contributed by atoms with Crippen LogP contribution in [0.5, 0.6) is 0 Å². The number of nitrogens with zero attached hydrogens (tertiary/aromatic N) is 1. The first-order valence-electron chi connectivity index (χ1n) is 6.86. The Kier molecular flexibility index (Phi) is 5.14. The van der Waals surface area contributed by atoms with Gasteiger partial charge < -0.3 is 10.2 Å². The molecule has 1 unspecified atom stereocenters. The molecule has 1 heterocycles. The first kappa shape index (κ1) is 14.5. The molecule has 1 aliphatic heterocycles. The minimum absolute atomic E-state index is 0.0707. The van der Waals surface area contributed by atoms with Crippen molar-refractivity contribution in [1.29, 1.82) is 0 Å². The summed E-state index contributed by atoms with van der Waals surface area (Å²) in [6.45, 7) is 2.21. The maximum Gasteiger partial charge on any atom is 0.225 e. The highest BCUT2D eigenvalue weighted by molar-refractivity contribution is 5.79. The van der Waals surface area contributed by atoms with Crippen molar-refractivity contribution in [1.82, 2.24) is 10.2 Å². The molecule has 0 bridgehead atoms. The van der Waals surface area contributed by atoms with Gasteiger partial charge in [0.05, 0.1) is 12.5 Å². The van der Waals surface area contributed by atoms with Crippen LogP contribution in [-0.4, -0.2) is 37.5 Å². The van der Waals surface area contributed by atoms with Crippen molar-refractivity contribution in [2.75, 3.05) is 26.7 Å². The van der Waals surface area contributed by atoms with Crippen molar-refractivity contribution in [2.45, 2.75) is 12.8 Å². The summed E-state index contributed by atoms with van der Waals surface area (Å²) >= 11 is 0. The van der Waals surface area contributed by atoms with E-state index >= 15 is 0 Å². The third-order valence-corrected chi connectivity index (χ3v) is 3.42. The molecule has 1 amide bonds. The maximum atomic E-state index is 12.7. The Labute approximate surface area is 119 Å². The van der Waals surface area contributed by atoms with Gasteiger partial charge in [0.25, 0.3) is 0 Å². The molecule has 106 valence electrons. The van der Waals surface area contributed by atoms with E-state index in [1.54, 1.807) is 12.1 Å². The Bertz CT molecular complexity index is 516. The van der Waals surface area contributed by atoms with Crippen molar-refractivity contribution in [3.05, 3.63) is 35.6 Å². The highest BCUT2D eigenvalue weighted by atomic mass is 19.1. The van der Waals surface area contributed by atoms with Crippen LogP contribution in [0.15, 0.2) is 24.3 Å². The van der Waals surface area contributed by atoms with Gasteiger partial charge >= 0.3 is 0 Å². The first-order valence-corrected chi connectivity index (χ1v) is 6.86. The molecule has 4 heteroatoms.